The van der Waals surface area contributed by atoms with Crippen LogP contribution in [0.5, 0.6) is 0 Å². The zero-order chi connectivity index (χ0) is 12.8. The normalized spacial score (nSPS) is 18.4. The number of nitrogens with one attached hydrogen (secondary N) is 1. The quantitative estimate of drug-likeness (QED) is 0.816. The Kier molecular flexibility index (Phi) is 5.75. The fraction of sp³-hybridized carbons (Fsp3) is 0.923. The molecule has 2 amide bonds. The second-order valence-corrected chi connectivity index (χ2v) is 5.11. The summed E-state index contributed by atoms with van der Waals surface area (Å²) in [6.07, 6.45) is 4.18. The summed E-state index contributed by atoms with van der Waals surface area (Å²) in [6, 6.07) is 0.810. The maximum Gasteiger partial charge on any atom is 0.317 e. The van der Waals surface area contributed by atoms with E-state index in [4.69, 9.17) is 0 Å². The summed E-state index contributed by atoms with van der Waals surface area (Å²) in [4.78, 5) is 16.3. The van der Waals surface area contributed by atoms with Gasteiger partial charge in [-0.15, -0.1) is 0 Å². The lowest BCUT2D eigenvalue weighted by atomic mass is 10.0. The maximum absolute atomic E-state index is 12.1. The highest BCUT2D eigenvalue weighted by Gasteiger charge is 2.24. The van der Waals surface area contributed by atoms with Gasteiger partial charge in [-0.3, -0.25) is 0 Å². The van der Waals surface area contributed by atoms with Gasteiger partial charge in [-0.25, -0.2) is 4.79 Å². The minimum absolute atomic E-state index is 0.0910. The van der Waals surface area contributed by atoms with Crippen molar-refractivity contribution in [3.63, 3.8) is 0 Å². The van der Waals surface area contributed by atoms with Crippen molar-refractivity contribution in [1.29, 1.82) is 0 Å². The molecule has 0 bridgehead atoms. The molecule has 1 heterocycles. The first-order valence-corrected chi connectivity index (χ1v) is 6.80. The lowest BCUT2D eigenvalue weighted by Crippen LogP contribution is -2.50. The van der Waals surface area contributed by atoms with E-state index in [1.54, 1.807) is 0 Å². The van der Waals surface area contributed by atoms with Crippen LogP contribution in [0.3, 0.4) is 0 Å². The molecule has 0 unspecified atom stereocenters. The molecule has 0 aromatic rings. The van der Waals surface area contributed by atoms with Gasteiger partial charge in [-0.05, 0) is 45.8 Å². The fourth-order valence-electron chi connectivity index (χ4n) is 2.32. The number of likely N-dealkylation sites (tertiary alicyclic amines) is 1. The minimum Gasteiger partial charge on any atom is -0.335 e. The van der Waals surface area contributed by atoms with Crippen molar-refractivity contribution in [2.45, 2.75) is 51.6 Å². The Morgan fingerprint density at radius 2 is 1.88 bits per heavy atom. The standard InChI is InChI=1S/C13H27N3O/c1-5-11(6-2)14-13(17)16(4)12-7-9-15(3)10-8-12/h11-12H,5-10H2,1-4H3,(H,14,17). The van der Waals surface area contributed by atoms with Crippen molar-refractivity contribution < 1.29 is 4.79 Å². The number of hydrogen-bond donors (Lipinski definition) is 1. The summed E-state index contributed by atoms with van der Waals surface area (Å²) in [5.41, 5.74) is 0. The number of piperidine rings is 1. The van der Waals surface area contributed by atoms with Gasteiger partial charge in [0.1, 0.15) is 0 Å². The number of carbonyl (C=O) groups excluding carboxylic acids is 1. The van der Waals surface area contributed by atoms with Crippen molar-refractivity contribution in [1.82, 2.24) is 15.1 Å². The van der Waals surface area contributed by atoms with E-state index in [1.807, 2.05) is 11.9 Å². The third-order valence-electron chi connectivity index (χ3n) is 3.87. The minimum atomic E-state index is 0.0910. The summed E-state index contributed by atoms with van der Waals surface area (Å²) in [6.45, 7) is 6.41. The Morgan fingerprint density at radius 1 is 1.35 bits per heavy atom. The van der Waals surface area contributed by atoms with Crippen LogP contribution in [-0.2, 0) is 0 Å². The van der Waals surface area contributed by atoms with Crippen molar-refractivity contribution in [3.8, 4) is 0 Å². The highest BCUT2D eigenvalue weighted by molar-refractivity contribution is 5.74. The Bertz CT molecular complexity index is 233. The zero-order valence-electron chi connectivity index (χ0n) is 11.7. The first-order valence-electron chi connectivity index (χ1n) is 6.80. The third-order valence-corrected chi connectivity index (χ3v) is 3.87. The van der Waals surface area contributed by atoms with E-state index in [9.17, 15) is 4.79 Å². The molecule has 1 rings (SSSR count). The van der Waals surface area contributed by atoms with Gasteiger partial charge in [0.2, 0.25) is 0 Å². The third kappa shape index (κ3) is 4.19. The van der Waals surface area contributed by atoms with Crippen LogP contribution < -0.4 is 5.32 Å². The van der Waals surface area contributed by atoms with Crippen LogP contribution in [0.2, 0.25) is 0 Å². The van der Waals surface area contributed by atoms with Crippen LogP contribution >= 0.6 is 0 Å². The Balaban J connectivity index is 2.40. The number of carbonyl (C=O) groups is 1. The first kappa shape index (κ1) is 14.3. The largest absolute Gasteiger partial charge is 0.335 e. The topological polar surface area (TPSA) is 35.6 Å². The van der Waals surface area contributed by atoms with E-state index in [-0.39, 0.29) is 6.03 Å². The fourth-order valence-corrected chi connectivity index (χ4v) is 2.32. The van der Waals surface area contributed by atoms with Crippen LogP contribution in [0.4, 0.5) is 4.79 Å². The van der Waals surface area contributed by atoms with Crippen molar-refractivity contribution in [2.24, 2.45) is 0 Å². The summed E-state index contributed by atoms with van der Waals surface area (Å²) >= 11 is 0. The molecule has 0 aromatic carbocycles. The van der Waals surface area contributed by atoms with Crippen LogP contribution in [-0.4, -0.2) is 55.1 Å². The molecule has 0 aliphatic carbocycles. The maximum atomic E-state index is 12.1. The Hall–Kier alpha value is -0.770. The molecule has 1 fully saturated rings. The lowest BCUT2D eigenvalue weighted by molar-refractivity contribution is 0.145. The van der Waals surface area contributed by atoms with Crippen LogP contribution in [0.1, 0.15) is 39.5 Å². The van der Waals surface area contributed by atoms with Gasteiger partial charge in [0.15, 0.2) is 0 Å². The zero-order valence-corrected chi connectivity index (χ0v) is 11.7. The molecule has 0 aromatic heterocycles. The monoisotopic (exact) mass is 241 g/mol. The van der Waals surface area contributed by atoms with Crippen molar-refractivity contribution in [2.75, 3.05) is 27.2 Å². The molecule has 0 saturated carbocycles. The molecule has 17 heavy (non-hydrogen) atoms. The SMILES string of the molecule is CCC(CC)NC(=O)N(C)C1CCN(C)CC1. The second kappa shape index (κ2) is 6.84. The molecular formula is C13H27N3O. The summed E-state index contributed by atoms with van der Waals surface area (Å²) < 4.78 is 0. The van der Waals surface area contributed by atoms with Crippen molar-refractivity contribution >= 4 is 6.03 Å². The van der Waals surface area contributed by atoms with Gasteiger partial charge in [0.05, 0.1) is 0 Å². The summed E-state index contributed by atoms with van der Waals surface area (Å²) in [7, 11) is 4.06. The molecule has 1 N–H and O–H groups in total. The Labute approximate surface area is 105 Å². The first-order chi connectivity index (χ1) is 8.08. The van der Waals surface area contributed by atoms with E-state index in [2.05, 4.69) is 31.1 Å². The van der Waals surface area contributed by atoms with Gasteiger partial charge in [0, 0.05) is 19.1 Å². The van der Waals surface area contributed by atoms with Gasteiger partial charge >= 0.3 is 6.03 Å². The van der Waals surface area contributed by atoms with E-state index in [0.717, 1.165) is 38.8 Å². The highest BCUT2D eigenvalue weighted by Crippen LogP contribution is 2.14. The van der Waals surface area contributed by atoms with E-state index in [0.29, 0.717) is 12.1 Å². The number of hydrogen-bond acceptors (Lipinski definition) is 2. The highest BCUT2D eigenvalue weighted by atomic mass is 16.2. The molecule has 0 radical (unpaired) electrons. The predicted octanol–water partition coefficient (Wildman–Crippen LogP) is 1.91. The van der Waals surface area contributed by atoms with Gasteiger partial charge in [0.25, 0.3) is 0 Å². The number of urea groups is 1. The lowest BCUT2D eigenvalue weighted by Gasteiger charge is -2.35. The number of amides is 2. The van der Waals surface area contributed by atoms with E-state index < -0.39 is 0 Å². The number of rotatable bonds is 4. The van der Waals surface area contributed by atoms with E-state index in [1.165, 1.54) is 0 Å². The molecule has 4 heteroatoms. The predicted molar refractivity (Wildman–Crippen MR) is 71.2 cm³/mol. The molecule has 1 aliphatic rings. The molecule has 1 saturated heterocycles. The van der Waals surface area contributed by atoms with Crippen LogP contribution in [0.15, 0.2) is 0 Å². The average molecular weight is 241 g/mol. The smallest absolute Gasteiger partial charge is 0.317 e. The number of nitrogens with zero attached hydrogens (tertiary/aromatic N) is 2. The second-order valence-electron chi connectivity index (χ2n) is 5.11. The van der Waals surface area contributed by atoms with Gasteiger partial charge in [-0.1, -0.05) is 13.8 Å². The molecule has 0 atom stereocenters. The molecule has 1 aliphatic heterocycles. The van der Waals surface area contributed by atoms with Crippen molar-refractivity contribution in [3.05, 3.63) is 0 Å². The molecule has 4 nitrogen and oxygen atoms in total. The summed E-state index contributed by atoms with van der Waals surface area (Å²) in [5, 5.41) is 3.10. The molecule has 0 spiro atoms. The average Bonchev–Trinajstić information content (AvgIpc) is 2.35. The van der Waals surface area contributed by atoms with Gasteiger partial charge in [-0.2, -0.15) is 0 Å². The molecular weight excluding hydrogens is 214 g/mol. The molecule has 100 valence electrons. The van der Waals surface area contributed by atoms with Crippen LogP contribution in [0.25, 0.3) is 0 Å². The summed E-state index contributed by atoms with van der Waals surface area (Å²) in [5.74, 6) is 0. The Morgan fingerprint density at radius 3 is 2.35 bits per heavy atom. The van der Waals surface area contributed by atoms with Gasteiger partial charge < -0.3 is 15.1 Å². The van der Waals surface area contributed by atoms with E-state index >= 15 is 0 Å². The van der Waals surface area contributed by atoms with Crippen LogP contribution in [0, 0.1) is 0 Å².